The number of hydrogen-bond donors (Lipinski definition) is 0. The molecule has 2 aliphatic heterocycles. The Morgan fingerprint density at radius 1 is 0.815 bits per heavy atom. The van der Waals surface area contributed by atoms with Gasteiger partial charge in [0.05, 0.1) is 27.1 Å². The van der Waals surface area contributed by atoms with Gasteiger partial charge in [0.2, 0.25) is 0 Å². The third kappa shape index (κ3) is 4.61. The molecule has 0 aliphatic carbocycles. The van der Waals surface area contributed by atoms with Gasteiger partial charge in [-0.15, -0.1) is 0 Å². The molecule has 0 fully saturated rings. The van der Waals surface area contributed by atoms with Crippen LogP contribution < -0.4 is 14.2 Å². The highest BCUT2D eigenvalue weighted by molar-refractivity contribution is 5.90. The van der Waals surface area contributed by atoms with Crippen LogP contribution in [0.5, 0.6) is 23.0 Å². The van der Waals surface area contributed by atoms with Gasteiger partial charge in [0.1, 0.15) is 11.5 Å². The number of ether oxygens (including phenoxy) is 4. The first kappa shape index (κ1) is 18.8. The van der Waals surface area contributed by atoms with Crippen molar-refractivity contribution in [2.45, 2.75) is 25.7 Å². The molecule has 5 heteroatoms. The summed E-state index contributed by atoms with van der Waals surface area (Å²) >= 11 is 0. The van der Waals surface area contributed by atoms with E-state index in [-0.39, 0.29) is 5.78 Å². The molecule has 142 valence electrons. The number of carbonyl (C=O) groups excluding carboxylic acids is 1. The molecule has 0 unspecified atom stereocenters. The van der Waals surface area contributed by atoms with E-state index in [4.69, 9.17) is 18.9 Å². The van der Waals surface area contributed by atoms with Gasteiger partial charge < -0.3 is 18.9 Å². The lowest BCUT2D eigenvalue weighted by molar-refractivity contribution is -0.114. The van der Waals surface area contributed by atoms with Crippen LogP contribution >= 0.6 is 0 Å². The highest BCUT2D eigenvalue weighted by atomic mass is 16.5. The molecule has 5 nitrogen and oxygen atoms in total. The zero-order chi connectivity index (χ0) is 19.2. The number of benzene rings is 2. The molecule has 2 heterocycles. The van der Waals surface area contributed by atoms with E-state index in [1.807, 2.05) is 36.4 Å². The van der Waals surface area contributed by atoms with Crippen molar-refractivity contribution in [2.75, 3.05) is 21.3 Å². The SMILES string of the molecule is CO/C1=C\C(=O)CCc2ccc(cc2)Oc2cc(c(OC)cc2OC)CC1. The summed E-state index contributed by atoms with van der Waals surface area (Å²) in [5.41, 5.74) is 2.04. The van der Waals surface area contributed by atoms with E-state index in [0.717, 1.165) is 11.1 Å². The van der Waals surface area contributed by atoms with Crippen molar-refractivity contribution >= 4 is 5.78 Å². The van der Waals surface area contributed by atoms with Crippen molar-refractivity contribution in [1.82, 2.24) is 0 Å². The van der Waals surface area contributed by atoms with Crippen LogP contribution in [0.4, 0.5) is 0 Å². The average molecular weight is 368 g/mol. The largest absolute Gasteiger partial charge is 0.501 e. The Labute approximate surface area is 159 Å². The molecule has 0 spiro atoms. The van der Waals surface area contributed by atoms with Gasteiger partial charge in [-0.2, -0.15) is 0 Å². The summed E-state index contributed by atoms with van der Waals surface area (Å²) in [4.78, 5) is 12.3. The normalized spacial score (nSPS) is 16.4. The first-order chi connectivity index (χ1) is 13.1. The van der Waals surface area contributed by atoms with Crippen molar-refractivity contribution in [3.63, 3.8) is 0 Å². The van der Waals surface area contributed by atoms with Crippen LogP contribution in [-0.4, -0.2) is 27.1 Å². The lowest BCUT2D eigenvalue weighted by Gasteiger charge is -2.16. The van der Waals surface area contributed by atoms with Crippen LogP contribution in [0.2, 0.25) is 0 Å². The lowest BCUT2D eigenvalue weighted by atomic mass is 10.0. The molecule has 2 aromatic carbocycles. The molecule has 4 bridgehead atoms. The van der Waals surface area contributed by atoms with E-state index < -0.39 is 0 Å². The van der Waals surface area contributed by atoms with Crippen molar-refractivity contribution in [1.29, 1.82) is 0 Å². The number of fused-ring (bicyclic) bond motifs is 7. The third-order valence-corrected chi connectivity index (χ3v) is 4.60. The summed E-state index contributed by atoms with van der Waals surface area (Å²) in [5, 5.41) is 0. The van der Waals surface area contributed by atoms with Crippen LogP contribution in [0, 0.1) is 0 Å². The molecule has 2 aliphatic rings. The molecule has 0 N–H and O–H groups in total. The molecule has 2 aromatic rings. The Morgan fingerprint density at radius 3 is 2.22 bits per heavy atom. The van der Waals surface area contributed by atoms with Gasteiger partial charge in [0, 0.05) is 25.0 Å². The summed E-state index contributed by atoms with van der Waals surface area (Å²) in [5.74, 6) is 3.36. The molecular weight excluding hydrogens is 344 g/mol. The summed E-state index contributed by atoms with van der Waals surface area (Å²) < 4.78 is 22.4. The Hall–Kier alpha value is -2.95. The average Bonchev–Trinajstić information content (AvgIpc) is 2.70. The van der Waals surface area contributed by atoms with Crippen molar-refractivity contribution < 1.29 is 23.7 Å². The molecule has 0 saturated carbocycles. The van der Waals surface area contributed by atoms with Gasteiger partial charge in [0.25, 0.3) is 0 Å². The van der Waals surface area contributed by atoms with Gasteiger partial charge in [-0.3, -0.25) is 4.79 Å². The second-order valence-electron chi connectivity index (χ2n) is 6.34. The lowest BCUT2D eigenvalue weighted by Crippen LogP contribution is -2.01. The Kier molecular flexibility index (Phi) is 6.01. The van der Waals surface area contributed by atoms with E-state index in [1.54, 1.807) is 27.4 Å². The van der Waals surface area contributed by atoms with Crippen LogP contribution in [-0.2, 0) is 22.4 Å². The fourth-order valence-corrected chi connectivity index (χ4v) is 3.07. The maximum absolute atomic E-state index is 12.3. The van der Waals surface area contributed by atoms with E-state index in [9.17, 15) is 4.79 Å². The van der Waals surface area contributed by atoms with E-state index in [0.29, 0.717) is 54.4 Å². The summed E-state index contributed by atoms with van der Waals surface area (Å²) in [6.07, 6.45) is 3.96. The molecule has 0 aromatic heterocycles. The number of ketones is 1. The number of rotatable bonds is 3. The van der Waals surface area contributed by atoms with Crippen molar-refractivity contribution in [3.05, 3.63) is 59.4 Å². The molecule has 0 radical (unpaired) electrons. The van der Waals surface area contributed by atoms with Crippen LogP contribution in [0.15, 0.2) is 48.2 Å². The maximum Gasteiger partial charge on any atom is 0.169 e. The topological polar surface area (TPSA) is 54.0 Å². The highest BCUT2D eigenvalue weighted by Gasteiger charge is 2.15. The zero-order valence-electron chi connectivity index (χ0n) is 15.9. The van der Waals surface area contributed by atoms with E-state index in [2.05, 4.69) is 0 Å². The monoisotopic (exact) mass is 368 g/mol. The standard InChI is InChI=1S/C22H24O5/c1-24-19-11-7-16-12-22(21(26-3)14-20(16)25-2)27-18-9-5-15(6-10-18)4-8-17(23)13-19/h5-6,9-10,12-14H,4,7-8,11H2,1-3H3/b19-13-. The number of aryl methyl sites for hydroxylation is 2. The Morgan fingerprint density at radius 2 is 1.56 bits per heavy atom. The zero-order valence-corrected chi connectivity index (χ0v) is 15.9. The third-order valence-electron chi connectivity index (χ3n) is 4.60. The minimum absolute atomic E-state index is 0.0597. The second-order valence-corrected chi connectivity index (χ2v) is 6.34. The first-order valence-electron chi connectivity index (χ1n) is 8.92. The first-order valence-corrected chi connectivity index (χ1v) is 8.92. The van der Waals surface area contributed by atoms with Crippen molar-refractivity contribution in [2.24, 2.45) is 0 Å². The van der Waals surface area contributed by atoms with Crippen LogP contribution in [0.25, 0.3) is 0 Å². The van der Waals surface area contributed by atoms with Gasteiger partial charge in [0.15, 0.2) is 17.3 Å². The van der Waals surface area contributed by atoms with Gasteiger partial charge in [-0.05, 0) is 42.2 Å². The van der Waals surface area contributed by atoms with Crippen molar-refractivity contribution in [3.8, 4) is 23.0 Å². The quantitative estimate of drug-likeness (QED) is 0.800. The van der Waals surface area contributed by atoms with Crippen LogP contribution in [0.1, 0.15) is 24.0 Å². The Balaban J connectivity index is 2.05. The molecule has 0 amide bonds. The number of allylic oxidation sites excluding steroid dienone is 2. The molecule has 27 heavy (non-hydrogen) atoms. The van der Waals surface area contributed by atoms with Crippen LogP contribution in [0.3, 0.4) is 0 Å². The number of carbonyl (C=O) groups is 1. The minimum Gasteiger partial charge on any atom is -0.501 e. The predicted octanol–water partition coefficient (Wildman–Crippen LogP) is 4.47. The maximum atomic E-state index is 12.3. The van der Waals surface area contributed by atoms with Gasteiger partial charge in [-0.1, -0.05) is 12.1 Å². The molecule has 0 saturated heterocycles. The molecule has 4 rings (SSSR count). The fraction of sp³-hybridized carbons (Fsp3) is 0.318. The highest BCUT2D eigenvalue weighted by Crippen LogP contribution is 2.38. The van der Waals surface area contributed by atoms with Gasteiger partial charge >= 0.3 is 0 Å². The second kappa shape index (κ2) is 8.62. The molecule has 0 atom stereocenters. The fourth-order valence-electron chi connectivity index (χ4n) is 3.07. The summed E-state index contributed by atoms with van der Waals surface area (Å²) in [7, 11) is 4.81. The smallest absolute Gasteiger partial charge is 0.169 e. The summed E-state index contributed by atoms with van der Waals surface area (Å²) in [6.45, 7) is 0. The molecular formula is C22H24O5. The minimum atomic E-state index is 0.0597. The predicted molar refractivity (Wildman–Crippen MR) is 103 cm³/mol. The van der Waals surface area contributed by atoms with E-state index in [1.165, 1.54) is 0 Å². The number of methoxy groups -OCH3 is 3. The van der Waals surface area contributed by atoms with Gasteiger partial charge in [-0.25, -0.2) is 0 Å². The Bertz CT molecular complexity index is 837. The number of hydrogen-bond acceptors (Lipinski definition) is 5. The van der Waals surface area contributed by atoms with E-state index >= 15 is 0 Å². The summed E-state index contributed by atoms with van der Waals surface area (Å²) in [6, 6.07) is 11.5.